The number of imidazole rings is 1. The third kappa shape index (κ3) is 6.13. The zero-order valence-corrected chi connectivity index (χ0v) is 20.4. The lowest BCUT2D eigenvalue weighted by atomic mass is 10.1. The van der Waals surface area contributed by atoms with Crippen molar-refractivity contribution < 1.29 is 9.47 Å². The quantitative estimate of drug-likeness (QED) is 0.239. The number of ether oxygens (including phenoxy) is 2. The number of pyridine rings is 1. The lowest BCUT2D eigenvalue weighted by Gasteiger charge is -2.12. The van der Waals surface area contributed by atoms with E-state index in [1.165, 1.54) is 12.8 Å². The molecule has 0 aliphatic carbocycles. The van der Waals surface area contributed by atoms with Gasteiger partial charge in [-0.25, -0.2) is 4.98 Å². The van der Waals surface area contributed by atoms with Crippen molar-refractivity contribution in [1.29, 1.82) is 0 Å². The van der Waals surface area contributed by atoms with Crippen LogP contribution < -0.4 is 10.1 Å². The fourth-order valence-corrected chi connectivity index (χ4v) is 4.16. The summed E-state index contributed by atoms with van der Waals surface area (Å²) in [5.74, 6) is 1.79. The number of rotatable bonds is 14. The van der Waals surface area contributed by atoms with Gasteiger partial charge in [0.25, 0.3) is 0 Å². The number of hydrogen-bond acceptors (Lipinski definition) is 5. The van der Waals surface area contributed by atoms with Crippen LogP contribution in [0.5, 0.6) is 5.75 Å². The summed E-state index contributed by atoms with van der Waals surface area (Å²) in [4.78, 5) is 9.56. The molecule has 0 aliphatic heterocycles. The molecule has 0 fully saturated rings. The van der Waals surface area contributed by atoms with Gasteiger partial charge in [0.05, 0.1) is 17.2 Å². The maximum absolute atomic E-state index is 6.03. The summed E-state index contributed by atoms with van der Waals surface area (Å²) in [5.41, 5.74) is 4.12. The number of aromatic nitrogens is 3. The van der Waals surface area contributed by atoms with Crippen LogP contribution in [0.25, 0.3) is 21.9 Å². The minimum Gasteiger partial charge on any atom is -0.489 e. The number of hydrogen-bond donors (Lipinski definition) is 1. The Hall–Kier alpha value is -2.96. The molecule has 2 aromatic heterocycles. The Morgan fingerprint density at radius 1 is 0.912 bits per heavy atom. The Kier molecular flexibility index (Phi) is 8.88. The highest BCUT2D eigenvalue weighted by Gasteiger charge is 2.15. The summed E-state index contributed by atoms with van der Waals surface area (Å²) in [6.45, 7) is 9.04. The van der Waals surface area contributed by atoms with Gasteiger partial charge in [-0.15, -0.1) is 0 Å². The second kappa shape index (κ2) is 12.5. The molecule has 34 heavy (non-hydrogen) atoms. The molecule has 180 valence electrons. The first-order chi connectivity index (χ1) is 16.8. The van der Waals surface area contributed by atoms with E-state index in [9.17, 15) is 0 Å². The third-order valence-electron chi connectivity index (χ3n) is 6.00. The smallest absolute Gasteiger partial charge is 0.136 e. The molecule has 4 rings (SSSR count). The van der Waals surface area contributed by atoms with E-state index in [4.69, 9.17) is 19.4 Å². The van der Waals surface area contributed by atoms with Crippen LogP contribution in [0.15, 0.2) is 54.7 Å². The topological polar surface area (TPSA) is 61.2 Å². The van der Waals surface area contributed by atoms with Crippen molar-refractivity contribution in [3.8, 4) is 5.75 Å². The summed E-state index contributed by atoms with van der Waals surface area (Å²) < 4.78 is 14.1. The second-order valence-corrected chi connectivity index (χ2v) is 8.57. The molecule has 2 aromatic carbocycles. The summed E-state index contributed by atoms with van der Waals surface area (Å²) in [5, 5.41) is 4.64. The molecule has 4 aromatic rings. The van der Waals surface area contributed by atoms with Gasteiger partial charge in [0, 0.05) is 24.6 Å². The van der Waals surface area contributed by atoms with Crippen molar-refractivity contribution in [2.45, 2.75) is 59.3 Å². The Labute approximate surface area is 202 Å². The van der Waals surface area contributed by atoms with Crippen molar-refractivity contribution in [3.63, 3.8) is 0 Å². The van der Waals surface area contributed by atoms with Crippen LogP contribution >= 0.6 is 0 Å². The van der Waals surface area contributed by atoms with E-state index >= 15 is 0 Å². The van der Waals surface area contributed by atoms with Gasteiger partial charge in [-0.1, -0.05) is 43.7 Å². The fraction of sp³-hybridized carbons (Fsp3) is 0.429. The molecule has 0 saturated carbocycles. The van der Waals surface area contributed by atoms with Gasteiger partial charge in [-0.05, 0) is 57.0 Å². The first-order valence-corrected chi connectivity index (χ1v) is 12.5. The van der Waals surface area contributed by atoms with E-state index in [1.807, 2.05) is 43.5 Å². The molecule has 0 aliphatic rings. The van der Waals surface area contributed by atoms with Gasteiger partial charge >= 0.3 is 0 Å². The minimum atomic E-state index is 0.514. The molecule has 2 heterocycles. The lowest BCUT2D eigenvalue weighted by molar-refractivity contribution is 0.126. The van der Waals surface area contributed by atoms with E-state index in [0.29, 0.717) is 19.8 Å². The van der Waals surface area contributed by atoms with Gasteiger partial charge in [0.1, 0.15) is 30.3 Å². The highest BCUT2D eigenvalue weighted by atomic mass is 16.5. The Morgan fingerprint density at radius 2 is 1.76 bits per heavy atom. The van der Waals surface area contributed by atoms with E-state index < -0.39 is 0 Å². The van der Waals surface area contributed by atoms with Crippen molar-refractivity contribution >= 4 is 21.9 Å². The van der Waals surface area contributed by atoms with Gasteiger partial charge in [0.15, 0.2) is 0 Å². The van der Waals surface area contributed by atoms with E-state index in [0.717, 1.165) is 71.5 Å². The van der Waals surface area contributed by atoms with Crippen molar-refractivity contribution in [1.82, 2.24) is 19.9 Å². The zero-order valence-electron chi connectivity index (χ0n) is 20.4. The fourth-order valence-electron chi connectivity index (χ4n) is 4.16. The molecule has 0 unspecified atom stereocenters. The second-order valence-electron chi connectivity index (χ2n) is 8.57. The molecule has 0 spiro atoms. The highest BCUT2D eigenvalue weighted by Crippen LogP contribution is 2.28. The van der Waals surface area contributed by atoms with Crippen molar-refractivity contribution in [3.05, 3.63) is 66.1 Å². The van der Waals surface area contributed by atoms with Gasteiger partial charge in [-0.3, -0.25) is 4.98 Å². The monoisotopic (exact) mass is 460 g/mol. The van der Waals surface area contributed by atoms with E-state index in [-0.39, 0.29) is 0 Å². The predicted molar refractivity (Wildman–Crippen MR) is 138 cm³/mol. The molecule has 1 N–H and O–H groups in total. The predicted octanol–water partition coefficient (Wildman–Crippen LogP) is 5.87. The van der Waals surface area contributed by atoms with Crippen LogP contribution in [0.3, 0.4) is 0 Å². The molecule has 6 nitrogen and oxygen atoms in total. The summed E-state index contributed by atoms with van der Waals surface area (Å²) in [7, 11) is 0. The summed E-state index contributed by atoms with van der Waals surface area (Å²) >= 11 is 0. The number of nitrogens with zero attached hydrogens (tertiary/aromatic N) is 3. The zero-order chi connectivity index (χ0) is 23.6. The standard InChI is InChI=1S/C28H36N4O2/c1-3-5-15-29-16-9-10-17-32-27(21-33-4-2)31-26-19-30-25-18-23(13-14-24(25)28(26)32)34-20-22-11-7-6-8-12-22/h6-8,11-14,18-19,29H,3-5,9-10,15-17,20-21H2,1-2H3. The van der Waals surface area contributed by atoms with Crippen LogP contribution in [0.4, 0.5) is 0 Å². The number of nitrogens with one attached hydrogen (secondary N) is 1. The molecule has 6 heteroatoms. The van der Waals surface area contributed by atoms with Crippen molar-refractivity contribution in [2.24, 2.45) is 0 Å². The Balaban J connectivity index is 1.54. The Bertz CT molecular complexity index is 1170. The first kappa shape index (κ1) is 24.2. The molecular formula is C28H36N4O2. The van der Waals surface area contributed by atoms with Gasteiger partial charge < -0.3 is 19.4 Å². The van der Waals surface area contributed by atoms with Crippen LogP contribution in [0.2, 0.25) is 0 Å². The van der Waals surface area contributed by atoms with E-state index in [1.54, 1.807) is 0 Å². The largest absolute Gasteiger partial charge is 0.489 e. The number of fused-ring (bicyclic) bond motifs is 3. The van der Waals surface area contributed by atoms with Gasteiger partial charge in [-0.2, -0.15) is 0 Å². The molecule has 0 amide bonds. The van der Waals surface area contributed by atoms with Crippen LogP contribution in [0.1, 0.15) is 50.9 Å². The SMILES string of the molecule is CCCCNCCCCn1c(COCC)nc2cnc3cc(OCc4ccccc4)ccc3c21. The van der Waals surface area contributed by atoms with E-state index in [2.05, 4.69) is 35.0 Å². The molecular weight excluding hydrogens is 424 g/mol. The summed E-state index contributed by atoms with van der Waals surface area (Å²) in [6, 6.07) is 16.4. The highest BCUT2D eigenvalue weighted by molar-refractivity contribution is 6.02. The first-order valence-electron chi connectivity index (χ1n) is 12.5. The number of unbranched alkanes of at least 4 members (excludes halogenated alkanes) is 2. The average molecular weight is 461 g/mol. The maximum Gasteiger partial charge on any atom is 0.136 e. The van der Waals surface area contributed by atoms with Crippen LogP contribution in [-0.4, -0.2) is 34.2 Å². The molecule has 0 saturated heterocycles. The average Bonchev–Trinajstić information content (AvgIpc) is 3.23. The lowest BCUT2D eigenvalue weighted by Crippen LogP contribution is -2.17. The normalized spacial score (nSPS) is 11.5. The van der Waals surface area contributed by atoms with Crippen LogP contribution in [0, 0.1) is 0 Å². The number of aryl methyl sites for hydroxylation is 1. The minimum absolute atomic E-state index is 0.514. The summed E-state index contributed by atoms with van der Waals surface area (Å²) in [6.07, 6.45) is 6.57. The molecule has 0 radical (unpaired) electrons. The molecule has 0 bridgehead atoms. The van der Waals surface area contributed by atoms with Crippen LogP contribution in [-0.2, 0) is 24.5 Å². The van der Waals surface area contributed by atoms with Gasteiger partial charge in [0.2, 0.25) is 0 Å². The third-order valence-corrected chi connectivity index (χ3v) is 6.00. The molecule has 0 atom stereocenters. The number of benzene rings is 2. The maximum atomic E-state index is 6.03. The van der Waals surface area contributed by atoms with Crippen molar-refractivity contribution in [2.75, 3.05) is 19.7 Å². The Morgan fingerprint density at radius 3 is 2.59 bits per heavy atom.